The van der Waals surface area contributed by atoms with Crippen LogP contribution in [0.3, 0.4) is 0 Å². The molecular formula is C22H24OS. The molecule has 0 aliphatic heterocycles. The molecule has 24 heavy (non-hydrogen) atoms. The molecule has 0 fully saturated rings. The van der Waals surface area contributed by atoms with Crippen LogP contribution in [0.15, 0.2) is 70.5 Å². The molecule has 0 heterocycles. The van der Waals surface area contributed by atoms with Crippen molar-refractivity contribution < 1.29 is 4.79 Å². The lowest BCUT2D eigenvalue weighted by molar-refractivity contribution is 0.101. The van der Waals surface area contributed by atoms with Crippen LogP contribution in [0, 0.1) is 6.92 Å². The SMILES string of the molecule is C=C(/C(C)=C(/CC)Sc1ccc(C(C)=O)cc1C)c1ccccc1. The van der Waals surface area contributed by atoms with Crippen LogP contribution in [-0.4, -0.2) is 5.78 Å². The lowest BCUT2D eigenvalue weighted by Gasteiger charge is -2.15. The topological polar surface area (TPSA) is 17.1 Å². The number of benzene rings is 2. The Bertz CT molecular complexity index is 785. The van der Waals surface area contributed by atoms with E-state index in [1.54, 1.807) is 18.7 Å². The highest BCUT2D eigenvalue weighted by Gasteiger charge is 2.11. The second kappa shape index (κ2) is 8.16. The number of carbonyl (C=O) groups is 1. The minimum atomic E-state index is 0.106. The maximum Gasteiger partial charge on any atom is 0.159 e. The first kappa shape index (κ1) is 18.3. The molecule has 2 aromatic carbocycles. The molecule has 0 aliphatic rings. The summed E-state index contributed by atoms with van der Waals surface area (Å²) in [5.74, 6) is 0.106. The van der Waals surface area contributed by atoms with E-state index in [2.05, 4.69) is 39.5 Å². The van der Waals surface area contributed by atoms with Gasteiger partial charge in [-0.2, -0.15) is 0 Å². The van der Waals surface area contributed by atoms with E-state index in [9.17, 15) is 4.79 Å². The molecule has 0 saturated carbocycles. The van der Waals surface area contributed by atoms with Crippen LogP contribution in [-0.2, 0) is 0 Å². The Kier molecular flexibility index (Phi) is 6.22. The Morgan fingerprint density at radius 2 is 1.71 bits per heavy atom. The minimum Gasteiger partial charge on any atom is -0.295 e. The molecular weight excluding hydrogens is 312 g/mol. The second-order valence-electron chi connectivity index (χ2n) is 5.88. The van der Waals surface area contributed by atoms with E-state index in [0.29, 0.717) is 0 Å². The summed E-state index contributed by atoms with van der Waals surface area (Å²) in [5.41, 5.74) is 5.35. The van der Waals surface area contributed by atoms with E-state index < -0.39 is 0 Å². The average molecular weight is 337 g/mol. The molecule has 2 rings (SSSR count). The van der Waals surface area contributed by atoms with E-state index in [4.69, 9.17) is 0 Å². The van der Waals surface area contributed by atoms with Crippen LogP contribution in [0.4, 0.5) is 0 Å². The van der Waals surface area contributed by atoms with Crippen LogP contribution in [0.5, 0.6) is 0 Å². The molecule has 2 heteroatoms. The van der Waals surface area contributed by atoms with Crippen LogP contribution in [0.25, 0.3) is 5.57 Å². The van der Waals surface area contributed by atoms with Gasteiger partial charge in [0.1, 0.15) is 0 Å². The number of hydrogen-bond donors (Lipinski definition) is 0. The van der Waals surface area contributed by atoms with Gasteiger partial charge >= 0.3 is 0 Å². The standard InChI is InChI=1S/C22H24OS/c1-6-21(17(4)16(3)19-10-8-7-9-11-19)24-22-13-12-20(18(5)23)14-15(22)2/h7-14H,3,6H2,1-2,4-5H3/b21-17-. The maximum atomic E-state index is 11.5. The fraction of sp³-hybridized carbons (Fsp3) is 0.227. The summed E-state index contributed by atoms with van der Waals surface area (Å²) >= 11 is 1.77. The third-order valence-corrected chi connectivity index (χ3v) is 5.65. The van der Waals surface area contributed by atoms with Crippen molar-refractivity contribution in [2.24, 2.45) is 0 Å². The zero-order valence-corrected chi connectivity index (χ0v) is 15.7. The van der Waals surface area contributed by atoms with Gasteiger partial charge in [-0.25, -0.2) is 0 Å². The Labute approximate surface area is 149 Å². The molecule has 0 aromatic heterocycles. The van der Waals surface area contributed by atoms with E-state index in [1.165, 1.54) is 15.4 Å². The molecule has 0 atom stereocenters. The van der Waals surface area contributed by atoms with Crippen LogP contribution >= 0.6 is 11.8 Å². The summed E-state index contributed by atoms with van der Waals surface area (Å²) in [5, 5.41) is 0. The first-order valence-electron chi connectivity index (χ1n) is 8.18. The molecule has 0 N–H and O–H groups in total. The maximum absolute atomic E-state index is 11.5. The van der Waals surface area contributed by atoms with Crippen molar-refractivity contribution in [2.75, 3.05) is 0 Å². The summed E-state index contributed by atoms with van der Waals surface area (Å²) in [6.07, 6.45) is 0.955. The smallest absolute Gasteiger partial charge is 0.159 e. The number of aryl methyl sites for hydroxylation is 1. The molecule has 0 aliphatic carbocycles. The van der Waals surface area contributed by atoms with Crippen molar-refractivity contribution >= 4 is 23.1 Å². The van der Waals surface area contributed by atoms with Crippen molar-refractivity contribution in [2.45, 2.75) is 39.0 Å². The molecule has 0 unspecified atom stereocenters. The van der Waals surface area contributed by atoms with Crippen molar-refractivity contribution in [3.8, 4) is 0 Å². The number of carbonyl (C=O) groups excluding carboxylic acids is 1. The molecule has 0 saturated heterocycles. The summed E-state index contributed by atoms with van der Waals surface area (Å²) in [4.78, 5) is 14.0. The largest absolute Gasteiger partial charge is 0.295 e. The predicted molar refractivity (Wildman–Crippen MR) is 106 cm³/mol. The lowest BCUT2D eigenvalue weighted by atomic mass is 10.00. The number of ketones is 1. The molecule has 124 valence electrons. The van der Waals surface area contributed by atoms with Crippen molar-refractivity contribution in [1.82, 2.24) is 0 Å². The minimum absolute atomic E-state index is 0.106. The molecule has 0 radical (unpaired) electrons. The highest BCUT2D eigenvalue weighted by molar-refractivity contribution is 8.03. The van der Waals surface area contributed by atoms with Gasteiger partial charge < -0.3 is 0 Å². The summed E-state index contributed by atoms with van der Waals surface area (Å²) in [6.45, 7) is 12.3. The third-order valence-electron chi connectivity index (χ3n) is 4.13. The van der Waals surface area contributed by atoms with E-state index >= 15 is 0 Å². The number of Topliss-reactive ketones (excluding diaryl/α,β-unsaturated/α-hetero) is 1. The predicted octanol–water partition coefficient (Wildman–Crippen LogP) is 6.69. The Morgan fingerprint density at radius 3 is 2.25 bits per heavy atom. The molecule has 2 aromatic rings. The van der Waals surface area contributed by atoms with E-state index in [1.807, 2.05) is 36.4 Å². The summed E-state index contributed by atoms with van der Waals surface area (Å²) in [6, 6.07) is 16.2. The second-order valence-corrected chi connectivity index (χ2v) is 7.02. The number of thioether (sulfide) groups is 1. The number of rotatable bonds is 6. The summed E-state index contributed by atoms with van der Waals surface area (Å²) in [7, 11) is 0. The first-order chi connectivity index (χ1) is 11.4. The number of allylic oxidation sites excluding steroid dienone is 3. The van der Waals surface area contributed by atoms with Gasteiger partial charge in [0.15, 0.2) is 5.78 Å². The van der Waals surface area contributed by atoms with Gasteiger partial charge in [-0.3, -0.25) is 4.79 Å². The Morgan fingerprint density at radius 1 is 1.04 bits per heavy atom. The average Bonchev–Trinajstić information content (AvgIpc) is 2.60. The van der Waals surface area contributed by atoms with Gasteiger partial charge in [-0.05, 0) is 66.5 Å². The van der Waals surface area contributed by atoms with Crippen molar-refractivity contribution in [3.05, 3.63) is 82.3 Å². The molecule has 1 nitrogen and oxygen atoms in total. The van der Waals surface area contributed by atoms with Gasteiger partial charge in [0.05, 0.1) is 0 Å². The van der Waals surface area contributed by atoms with Crippen molar-refractivity contribution in [3.63, 3.8) is 0 Å². The number of hydrogen-bond acceptors (Lipinski definition) is 2. The first-order valence-corrected chi connectivity index (χ1v) is 8.99. The van der Waals surface area contributed by atoms with Gasteiger partial charge in [-0.15, -0.1) is 0 Å². The van der Waals surface area contributed by atoms with Crippen molar-refractivity contribution in [1.29, 1.82) is 0 Å². The van der Waals surface area contributed by atoms with Gasteiger partial charge in [-0.1, -0.05) is 61.7 Å². The zero-order valence-electron chi connectivity index (χ0n) is 14.8. The van der Waals surface area contributed by atoms with Crippen LogP contribution in [0.1, 0.15) is 48.7 Å². The summed E-state index contributed by atoms with van der Waals surface area (Å²) < 4.78 is 0. The monoisotopic (exact) mass is 336 g/mol. The van der Waals surface area contributed by atoms with Crippen LogP contribution in [0.2, 0.25) is 0 Å². The molecule has 0 spiro atoms. The van der Waals surface area contributed by atoms with Crippen LogP contribution < -0.4 is 0 Å². The fourth-order valence-corrected chi connectivity index (χ4v) is 3.60. The van der Waals surface area contributed by atoms with E-state index in [-0.39, 0.29) is 5.78 Å². The highest BCUT2D eigenvalue weighted by Crippen LogP contribution is 2.37. The van der Waals surface area contributed by atoms with Gasteiger partial charge in [0.2, 0.25) is 0 Å². The lowest BCUT2D eigenvalue weighted by Crippen LogP contribution is -1.94. The zero-order chi connectivity index (χ0) is 17.7. The highest BCUT2D eigenvalue weighted by atomic mass is 32.2. The van der Waals surface area contributed by atoms with Gasteiger partial charge in [0, 0.05) is 10.5 Å². The Hall–Kier alpha value is -2.06. The molecule has 0 bridgehead atoms. The molecule has 0 amide bonds. The van der Waals surface area contributed by atoms with E-state index in [0.717, 1.165) is 28.7 Å². The third kappa shape index (κ3) is 4.27. The normalized spacial score (nSPS) is 11.8. The fourth-order valence-electron chi connectivity index (χ4n) is 2.55. The quantitative estimate of drug-likeness (QED) is 0.332. The van der Waals surface area contributed by atoms with Gasteiger partial charge in [0.25, 0.3) is 0 Å². The Balaban J connectivity index is 2.31.